The van der Waals surface area contributed by atoms with Crippen LogP contribution in [0.3, 0.4) is 0 Å². The van der Waals surface area contributed by atoms with Crippen molar-refractivity contribution in [3.8, 4) is 0 Å². The Bertz CT molecular complexity index is 1970. The summed E-state index contributed by atoms with van der Waals surface area (Å²) in [5, 5.41) is 23.3. The lowest BCUT2D eigenvalue weighted by Crippen LogP contribution is -2.27. The lowest BCUT2D eigenvalue weighted by molar-refractivity contribution is -0.118. The fraction of sp³-hybridized carbons (Fsp3) is 0.311. The van der Waals surface area contributed by atoms with Crippen molar-refractivity contribution in [3.05, 3.63) is 154 Å². The number of rotatable bonds is 18. The molecule has 4 aromatic carbocycles. The highest BCUT2D eigenvalue weighted by molar-refractivity contribution is 5.90. The molecule has 1 aliphatic rings. The number of fused-ring (bicyclic) bond motifs is 1. The van der Waals surface area contributed by atoms with Gasteiger partial charge in [0.1, 0.15) is 0 Å². The lowest BCUT2D eigenvalue weighted by Gasteiger charge is -2.32. The van der Waals surface area contributed by atoms with Crippen molar-refractivity contribution in [2.75, 3.05) is 23.3 Å². The van der Waals surface area contributed by atoms with E-state index in [0.29, 0.717) is 19.4 Å². The molecule has 1 aliphatic heterocycles. The molecule has 5 rings (SSSR count). The van der Waals surface area contributed by atoms with Gasteiger partial charge in [0.2, 0.25) is 5.91 Å². The van der Waals surface area contributed by atoms with Crippen LogP contribution >= 0.6 is 0 Å². The quantitative estimate of drug-likeness (QED) is 0.0757. The summed E-state index contributed by atoms with van der Waals surface area (Å²) in [6.45, 7) is 7.76. The fourth-order valence-electron chi connectivity index (χ4n) is 7.36. The predicted molar refractivity (Wildman–Crippen MR) is 213 cm³/mol. The van der Waals surface area contributed by atoms with Gasteiger partial charge in [-0.2, -0.15) is 0 Å². The molecule has 4 aromatic rings. The van der Waals surface area contributed by atoms with Crippen molar-refractivity contribution in [3.63, 3.8) is 0 Å². The van der Waals surface area contributed by atoms with Crippen LogP contribution in [0.25, 0.3) is 0 Å². The van der Waals surface area contributed by atoms with Gasteiger partial charge in [-0.3, -0.25) is 4.79 Å². The molecule has 1 heterocycles. The molecule has 0 saturated heterocycles. The summed E-state index contributed by atoms with van der Waals surface area (Å²) < 4.78 is 0. The van der Waals surface area contributed by atoms with Crippen LogP contribution in [0.4, 0.5) is 11.4 Å². The maximum Gasteiger partial charge on any atom is 0.335 e. The number of carboxylic acids is 2. The van der Waals surface area contributed by atoms with Crippen LogP contribution in [0.1, 0.15) is 95.8 Å². The molecule has 8 nitrogen and oxygen atoms in total. The third kappa shape index (κ3) is 9.63. The number of primary amides is 1. The minimum atomic E-state index is -1.01. The molecule has 0 bridgehead atoms. The van der Waals surface area contributed by atoms with Crippen molar-refractivity contribution >= 4 is 29.2 Å². The zero-order valence-corrected chi connectivity index (χ0v) is 31.0. The van der Waals surface area contributed by atoms with E-state index in [1.54, 1.807) is 24.3 Å². The summed E-state index contributed by atoms with van der Waals surface area (Å²) in [5.41, 5.74) is 12.3. The second kappa shape index (κ2) is 17.3. The van der Waals surface area contributed by atoms with Gasteiger partial charge in [0.25, 0.3) is 0 Å². The van der Waals surface area contributed by atoms with Crippen molar-refractivity contribution in [2.24, 2.45) is 5.73 Å². The van der Waals surface area contributed by atoms with Gasteiger partial charge in [-0.25, -0.2) is 9.59 Å². The number of nitrogens with zero attached hydrogens (tertiary/aromatic N) is 1. The van der Waals surface area contributed by atoms with Crippen molar-refractivity contribution in [1.29, 1.82) is 0 Å². The Morgan fingerprint density at radius 1 is 0.830 bits per heavy atom. The fourth-order valence-corrected chi connectivity index (χ4v) is 7.36. The third-order valence-electron chi connectivity index (χ3n) is 10.4. The molecule has 276 valence electrons. The summed E-state index contributed by atoms with van der Waals surface area (Å²) in [6.07, 6.45) is 11.0. The number of amides is 1. The number of carbonyl (C=O) groups is 3. The molecule has 0 fully saturated rings. The number of anilines is 2. The molecule has 0 radical (unpaired) electrons. The number of hydrogen-bond acceptors (Lipinski definition) is 5. The van der Waals surface area contributed by atoms with E-state index in [2.05, 4.69) is 67.4 Å². The van der Waals surface area contributed by atoms with Crippen LogP contribution in [0, 0.1) is 0 Å². The first-order valence-electron chi connectivity index (χ1n) is 18.4. The van der Waals surface area contributed by atoms with E-state index in [9.17, 15) is 24.6 Å². The lowest BCUT2D eigenvalue weighted by atomic mass is 9.74. The van der Waals surface area contributed by atoms with Crippen molar-refractivity contribution in [1.82, 2.24) is 0 Å². The van der Waals surface area contributed by atoms with Crippen LogP contribution in [0.5, 0.6) is 0 Å². The molecule has 0 aliphatic carbocycles. The van der Waals surface area contributed by atoms with Crippen LogP contribution in [-0.2, 0) is 28.5 Å². The molecule has 8 heteroatoms. The Kier molecular flexibility index (Phi) is 12.6. The number of hydrogen-bond donors (Lipinski definition) is 4. The van der Waals surface area contributed by atoms with Crippen LogP contribution in [0.15, 0.2) is 121 Å². The monoisotopic (exact) mass is 713 g/mol. The number of carboxylic acid groups (broad SMARTS) is 2. The highest BCUT2D eigenvalue weighted by Crippen LogP contribution is 2.48. The molecule has 0 aromatic heterocycles. The maximum atomic E-state index is 12.1. The Hall–Kier alpha value is -5.63. The molecular weight excluding hydrogens is 663 g/mol. The summed E-state index contributed by atoms with van der Waals surface area (Å²) in [5.74, 6) is -2.38. The summed E-state index contributed by atoms with van der Waals surface area (Å²) in [6, 6.07) is 31.2. The van der Waals surface area contributed by atoms with E-state index in [4.69, 9.17) is 5.73 Å². The second-order valence-corrected chi connectivity index (χ2v) is 14.7. The Balaban J connectivity index is 1.42. The van der Waals surface area contributed by atoms with Gasteiger partial charge < -0.3 is 26.2 Å². The molecule has 1 unspecified atom stereocenters. The molecule has 5 N–H and O–H groups in total. The molecular formula is C45H51N3O5. The molecule has 1 amide bonds. The SMILES string of the molecule is CC(C/C=C/C=C1/N(CCCc2ccccc2)c2ccc(C(=O)O)cc2C1(C)C)(CCC(N)=O)c1cc(C(=O)O)ccc1NCCCc1ccccc1. The minimum Gasteiger partial charge on any atom is -0.478 e. The number of nitrogens with two attached hydrogens (primary N) is 1. The largest absolute Gasteiger partial charge is 0.478 e. The summed E-state index contributed by atoms with van der Waals surface area (Å²) >= 11 is 0. The van der Waals surface area contributed by atoms with Crippen molar-refractivity contribution in [2.45, 2.75) is 76.5 Å². The first-order valence-corrected chi connectivity index (χ1v) is 18.4. The zero-order chi connectivity index (χ0) is 38.0. The number of benzene rings is 4. The number of allylic oxidation sites excluding steroid dienone is 4. The molecule has 53 heavy (non-hydrogen) atoms. The van der Waals surface area contributed by atoms with E-state index < -0.39 is 28.7 Å². The zero-order valence-electron chi connectivity index (χ0n) is 31.0. The number of aromatic carboxylic acids is 2. The number of nitrogens with one attached hydrogen (secondary N) is 1. The number of carbonyl (C=O) groups excluding carboxylic acids is 1. The first kappa shape index (κ1) is 38.6. The van der Waals surface area contributed by atoms with E-state index in [1.807, 2.05) is 54.6 Å². The summed E-state index contributed by atoms with van der Waals surface area (Å²) in [7, 11) is 0. The van der Waals surface area contributed by atoms with E-state index >= 15 is 0 Å². The third-order valence-corrected chi connectivity index (χ3v) is 10.4. The standard InChI is InChI=1S/C45H51N3O5/c1-44(2)37-31-35(43(52)53)22-24-39(37)48(29-13-19-33-16-8-5-9-17-33)40(44)20-10-11-26-45(3,27-25-41(46)49)36-30-34(42(50)51)21-23-38(36)47-28-12-18-32-14-6-4-7-15-32/h4-11,14-17,20-24,30-31,47H,12-13,18-19,25-29H2,1-3H3,(H2,46,49)(H,50,51)(H,52,53)/b11-10+,40-20+. The number of aryl methyl sites for hydroxylation is 2. The van der Waals surface area contributed by atoms with Crippen molar-refractivity contribution < 1.29 is 24.6 Å². The van der Waals surface area contributed by atoms with Gasteiger partial charge in [-0.15, -0.1) is 0 Å². The van der Waals surface area contributed by atoms with E-state index in [-0.39, 0.29) is 17.5 Å². The Morgan fingerprint density at radius 2 is 1.43 bits per heavy atom. The molecule has 0 saturated carbocycles. The van der Waals surface area contributed by atoms with Crippen LogP contribution < -0.4 is 16.0 Å². The van der Waals surface area contributed by atoms with E-state index in [0.717, 1.165) is 60.4 Å². The van der Waals surface area contributed by atoms with Crippen LogP contribution in [-0.4, -0.2) is 41.1 Å². The van der Waals surface area contributed by atoms with E-state index in [1.165, 1.54) is 11.1 Å². The first-order chi connectivity index (χ1) is 25.4. The molecule has 0 spiro atoms. The Morgan fingerprint density at radius 3 is 2.06 bits per heavy atom. The Labute approximate surface area is 313 Å². The summed E-state index contributed by atoms with van der Waals surface area (Å²) in [4.78, 5) is 38.4. The van der Waals surface area contributed by atoms with Crippen LogP contribution in [0.2, 0.25) is 0 Å². The highest BCUT2D eigenvalue weighted by atomic mass is 16.4. The smallest absolute Gasteiger partial charge is 0.335 e. The van der Waals surface area contributed by atoms with Gasteiger partial charge in [0.15, 0.2) is 0 Å². The topological polar surface area (TPSA) is 133 Å². The average Bonchev–Trinajstić information content (AvgIpc) is 3.36. The highest BCUT2D eigenvalue weighted by Gasteiger charge is 2.40. The van der Waals surface area contributed by atoms with Gasteiger partial charge in [0.05, 0.1) is 11.1 Å². The predicted octanol–water partition coefficient (Wildman–Crippen LogP) is 8.91. The average molecular weight is 714 g/mol. The van der Waals surface area contributed by atoms with Gasteiger partial charge >= 0.3 is 11.9 Å². The second-order valence-electron chi connectivity index (χ2n) is 14.7. The minimum absolute atomic E-state index is 0.152. The van der Waals surface area contributed by atoms with Gasteiger partial charge in [-0.1, -0.05) is 93.6 Å². The van der Waals surface area contributed by atoms with Gasteiger partial charge in [-0.05, 0) is 109 Å². The normalized spacial score (nSPS) is 15.3. The molecule has 1 atom stereocenters. The maximum absolute atomic E-state index is 12.1. The van der Waals surface area contributed by atoms with Gasteiger partial charge in [0, 0.05) is 42.0 Å².